The molecule has 5 rings (SSSR count). The zero-order valence-electron chi connectivity index (χ0n) is 19.2. The minimum atomic E-state index is -0.888. The summed E-state index contributed by atoms with van der Waals surface area (Å²) in [5, 5.41) is 5.50. The van der Waals surface area contributed by atoms with Crippen molar-refractivity contribution in [3.8, 4) is 0 Å². The zero-order valence-corrected chi connectivity index (χ0v) is 19.2. The van der Waals surface area contributed by atoms with Gasteiger partial charge in [-0.2, -0.15) is 0 Å². The van der Waals surface area contributed by atoms with Crippen LogP contribution in [0.25, 0.3) is 0 Å². The van der Waals surface area contributed by atoms with Gasteiger partial charge in [-0.3, -0.25) is 9.59 Å². The zero-order chi connectivity index (χ0) is 24.4. The summed E-state index contributed by atoms with van der Waals surface area (Å²) in [7, 11) is 0. The highest BCUT2D eigenvalue weighted by molar-refractivity contribution is 5.97. The molecule has 2 aliphatic rings. The Kier molecular flexibility index (Phi) is 6.35. The predicted molar refractivity (Wildman–Crippen MR) is 131 cm³/mol. The number of aromatic nitrogens is 1. The molecule has 2 aromatic carbocycles. The summed E-state index contributed by atoms with van der Waals surface area (Å²) in [5.74, 6) is -0.779. The van der Waals surface area contributed by atoms with Crippen molar-refractivity contribution >= 4 is 17.6 Å². The maximum absolute atomic E-state index is 14.1. The molecule has 0 saturated carbocycles. The Labute approximate surface area is 202 Å². The van der Waals surface area contributed by atoms with Gasteiger partial charge in [0.1, 0.15) is 11.9 Å². The molecule has 0 aliphatic carbocycles. The Balaban J connectivity index is 1.33. The highest BCUT2D eigenvalue weighted by Gasteiger charge is 2.37. The van der Waals surface area contributed by atoms with E-state index in [2.05, 4.69) is 10.6 Å². The molecular weight excluding hydrogens is 447 g/mol. The van der Waals surface area contributed by atoms with Gasteiger partial charge in [-0.05, 0) is 36.1 Å². The number of carbonyl (C=O) groups is 2. The van der Waals surface area contributed by atoms with E-state index in [1.807, 2.05) is 41.0 Å². The normalized spacial score (nSPS) is 19.4. The Morgan fingerprint density at radius 2 is 1.71 bits per heavy atom. The van der Waals surface area contributed by atoms with Crippen molar-refractivity contribution in [1.82, 2.24) is 14.8 Å². The highest BCUT2D eigenvalue weighted by Crippen LogP contribution is 2.34. The third kappa shape index (κ3) is 4.96. The topological polar surface area (TPSA) is 83.4 Å². The number of hydrogen-bond donors (Lipinski definition) is 2. The number of likely N-dealkylation sites (tertiary alicyclic amines) is 1. The smallest absolute Gasteiger partial charge is 0.318 e. The minimum absolute atomic E-state index is 0.0113. The number of hydrogen-bond acceptors (Lipinski definition) is 3. The maximum Gasteiger partial charge on any atom is 0.318 e. The third-order valence-electron chi connectivity index (χ3n) is 6.80. The van der Waals surface area contributed by atoms with E-state index in [0.717, 1.165) is 17.7 Å². The molecule has 8 heteroatoms. The number of rotatable bonds is 5. The average Bonchev–Trinajstić information content (AvgIpc) is 2.86. The van der Waals surface area contributed by atoms with Gasteiger partial charge < -0.3 is 20.1 Å². The van der Waals surface area contributed by atoms with Crippen LogP contribution in [0.15, 0.2) is 77.6 Å². The Morgan fingerprint density at radius 3 is 2.51 bits per heavy atom. The van der Waals surface area contributed by atoms with Crippen LogP contribution in [0.1, 0.15) is 23.6 Å². The summed E-state index contributed by atoms with van der Waals surface area (Å²) >= 11 is 0. The molecule has 2 unspecified atom stereocenters. The van der Waals surface area contributed by atoms with E-state index in [9.17, 15) is 18.8 Å². The molecule has 7 nitrogen and oxygen atoms in total. The summed E-state index contributed by atoms with van der Waals surface area (Å²) in [4.78, 5) is 40.5. The van der Waals surface area contributed by atoms with Crippen LogP contribution in [0.2, 0.25) is 0 Å². The fourth-order valence-corrected chi connectivity index (χ4v) is 5.14. The van der Waals surface area contributed by atoms with Crippen LogP contribution in [0.4, 0.5) is 14.9 Å². The number of benzene rings is 2. The number of para-hydroxylation sites is 1. The van der Waals surface area contributed by atoms with E-state index in [-0.39, 0.29) is 35.5 Å². The number of amides is 3. The standard InChI is InChI=1S/C27H27FN4O3/c28-21-9-4-5-10-22(21)29-26(34)23(14-18-7-2-1-3-8-18)30-27(35)31-15-19-13-20(17-31)24-11-6-12-25(33)32(24)16-19/h1-12,19-20,23H,13-17H2,(H,29,34)(H,30,35)/t19?,20?,23-/m0/s1. The van der Waals surface area contributed by atoms with Crippen LogP contribution in [0, 0.1) is 11.7 Å². The monoisotopic (exact) mass is 474 g/mol. The second kappa shape index (κ2) is 9.74. The summed E-state index contributed by atoms with van der Waals surface area (Å²) in [6, 6.07) is 19.4. The lowest BCUT2D eigenvalue weighted by Gasteiger charge is -2.43. The van der Waals surface area contributed by atoms with Gasteiger partial charge in [0.2, 0.25) is 5.91 Å². The summed E-state index contributed by atoms with van der Waals surface area (Å²) in [6.45, 7) is 1.56. The molecule has 180 valence electrons. The quantitative estimate of drug-likeness (QED) is 0.595. The molecular formula is C27H27FN4O3. The molecule has 3 atom stereocenters. The molecule has 2 N–H and O–H groups in total. The van der Waals surface area contributed by atoms with Gasteiger partial charge in [-0.1, -0.05) is 48.5 Å². The fourth-order valence-electron chi connectivity index (χ4n) is 5.14. The minimum Gasteiger partial charge on any atom is -0.326 e. The van der Waals surface area contributed by atoms with Crippen LogP contribution >= 0.6 is 0 Å². The Bertz CT molecular complexity index is 1290. The first-order valence-electron chi connectivity index (χ1n) is 11.8. The van der Waals surface area contributed by atoms with E-state index >= 15 is 0 Å². The third-order valence-corrected chi connectivity index (χ3v) is 6.80. The predicted octanol–water partition coefficient (Wildman–Crippen LogP) is 3.37. The largest absolute Gasteiger partial charge is 0.326 e. The van der Waals surface area contributed by atoms with E-state index in [1.165, 1.54) is 12.1 Å². The van der Waals surface area contributed by atoms with Crippen molar-refractivity contribution < 1.29 is 14.0 Å². The Morgan fingerprint density at radius 1 is 0.943 bits per heavy atom. The number of halogens is 1. The summed E-state index contributed by atoms with van der Waals surface area (Å²) in [5.41, 5.74) is 1.89. The van der Waals surface area contributed by atoms with Crippen molar-refractivity contribution in [3.63, 3.8) is 0 Å². The van der Waals surface area contributed by atoms with E-state index < -0.39 is 17.8 Å². The first-order valence-corrected chi connectivity index (χ1v) is 11.8. The van der Waals surface area contributed by atoms with Gasteiger partial charge in [-0.15, -0.1) is 0 Å². The molecule has 35 heavy (non-hydrogen) atoms. The summed E-state index contributed by atoms with van der Waals surface area (Å²) in [6.07, 6.45) is 1.19. The molecule has 3 heterocycles. The van der Waals surface area contributed by atoms with Crippen molar-refractivity contribution in [1.29, 1.82) is 0 Å². The molecule has 2 aliphatic heterocycles. The number of urea groups is 1. The molecule has 0 spiro atoms. The van der Waals surface area contributed by atoms with Gasteiger partial charge in [-0.25, -0.2) is 9.18 Å². The van der Waals surface area contributed by atoms with Crippen LogP contribution < -0.4 is 16.2 Å². The van der Waals surface area contributed by atoms with Gasteiger partial charge in [0, 0.05) is 43.7 Å². The first-order chi connectivity index (χ1) is 17.0. The molecule has 2 bridgehead atoms. The maximum atomic E-state index is 14.1. The second-order valence-electron chi connectivity index (χ2n) is 9.26. The van der Waals surface area contributed by atoms with Gasteiger partial charge in [0.05, 0.1) is 5.69 Å². The van der Waals surface area contributed by atoms with Crippen LogP contribution in [0.3, 0.4) is 0 Å². The number of fused-ring (bicyclic) bond motifs is 4. The number of carbonyl (C=O) groups excluding carboxylic acids is 2. The van der Waals surface area contributed by atoms with Gasteiger partial charge in [0.15, 0.2) is 0 Å². The fraction of sp³-hybridized carbons (Fsp3) is 0.296. The van der Waals surface area contributed by atoms with Crippen molar-refractivity contribution in [2.24, 2.45) is 5.92 Å². The van der Waals surface area contributed by atoms with E-state index in [0.29, 0.717) is 19.6 Å². The lowest BCUT2D eigenvalue weighted by molar-refractivity contribution is -0.118. The van der Waals surface area contributed by atoms with Gasteiger partial charge >= 0.3 is 6.03 Å². The molecule has 0 radical (unpaired) electrons. The number of nitrogens with one attached hydrogen (secondary N) is 2. The number of nitrogens with zero attached hydrogens (tertiary/aromatic N) is 2. The molecule has 1 aromatic heterocycles. The van der Waals surface area contributed by atoms with Crippen molar-refractivity contribution in [2.45, 2.75) is 31.3 Å². The SMILES string of the molecule is O=C(Nc1ccccc1F)[C@H](Cc1ccccc1)NC(=O)N1CC2CC(C1)c1cccc(=O)n1C2. The molecule has 1 fully saturated rings. The molecule has 3 aromatic rings. The lowest BCUT2D eigenvalue weighted by atomic mass is 9.83. The highest BCUT2D eigenvalue weighted by atomic mass is 19.1. The molecule has 3 amide bonds. The number of pyridine rings is 1. The van der Waals surface area contributed by atoms with E-state index in [4.69, 9.17) is 0 Å². The van der Waals surface area contributed by atoms with Gasteiger partial charge in [0.25, 0.3) is 5.56 Å². The first kappa shape index (κ1) is 22.8. The van der Waals surface area contributed by atoms with E-state index in [1.54, 1.807) is 29.2 Å². The molecule has 1 saturated heterocycles. The van der Waals surface area contributed by atoms with Crippen LogP contribution in [-0.4, -0.2) is 40.5 Å². The van der Waals surface area contributed by atoms with Crippen LogP contribution in [-0.2, 0) is 17.8 Å². The van der Waals surface area contributed by atoms with Crippen LogP contribution in [0.5, 0.6) is 0 Å². The second-order valence-corrected chi connectivity index (χ2v) is 9.26. The van der Waals surface area contributed by atoms with Crippen molar-refractivity contribution in [2.75, 3.05) is 18.4 Å². The number of piperidine rings is 1. The average molecular weight is 475 g/mol. The Hall–Kier alpha value is -3.94. The van der Waals surface area contributed by atoms with Crippen molar-refractivity contribution in [3.05, 3.63) is 100 Å². The lowest BCUT2D eigenvalue weighted by Crippen LogP contribution is -2.55. The number of anilines is 1. The summed E-state index contributed by atoms with van der Waals surface area (Å²) < 4.78 is 16.0.